The van der Waals surface area contributed by atoms with Crippen molar-refractivity contribution in [2.75, 3.05) is 13.1 Å². The largest absolute Gasteiger partial charge is 0.481 e. The number of aryl methyl sites for hydroxylation is 1. The van der Waals surface area contributed by atoms with Gasteiger partial charge in [-0.05, 0) is 50.3 Å². The van der Waals surface area contributed by atoms with Crippen LogP contribution < -0.4 is 0 Å². The first kappa shape index (κ1) is 18.0. The lowest BCUT2D eigenvalue weighted by Crippen LogP contribution is -2.42. The average Bonchev–Trinajstić information content (AvgIpc) is 3.41. The zero-order valence-corrected chi connectivity index (χ0v) is 15.9. The second-order valence-corrected chi connectivity index (χ2v) is 7.90. The summed E-state index contributed by atoms with van der Waals surface area (Å²) in [5.74, 6) is -1.13. The quantitative estimate of drug-likeness (QED) is 0.868. The third-order valence-corrected chi connectivity index (χ3v) is 5.87. The first-order valence-corrected chi connectivity index (χ1v) is 9.70. The van der Waals surface area contributed by atoms with Crippen LogP contribution in [0, 0.1) is 12.8 Å². The van der Waals surface area contributed by atoms with Crippen molar-refractivity contribution >= 4 is 23.5 Å². The summed E-state index contributed by atoms with van der Waals surface area (Å²) in [5, 5.41) is 14.4. The molecule has 1 atom stereocenters. The molecule has 0 spiro atoms. The summed E-state index contributed by atoms with van der Waals surface area (Å²) < 4.78 is 1.81. The molecule has 0 radical (unpaired) electrons. The number of piperidine rings is 1. The predicted molar refractivity (Wildman–Crippen MR) is 102 cm³/mol. The summed E-state index contributed by atoms with van der Waals surface area (Å²) in [5.41, 5.74) is 3.33. The molecule has 2 aliphatic rings. The molecule has 142 valence electrons. The van der Waals surface area contributed by atoms with E-state index in [0.29, 0.717) is 35.9 Å². The van der Waals surface area contributed by atoms with E-state index in [2.05, 4.69) is 5.10 Å². The maximum absolute atomic E-state index is 13.1. The van der Waals surface area contributed by atoms with Gasteiger partial charge >= 0.3 is 5.97 Å². The Morgan fingerprint density at radius 2 is 2.04 bits per heavy atom. The van der Waals surface area contributed by atoms with Gasteiger partial charge in [0, 0.05) is 24.0 Å². The molecule has 1 aliphatic carbocycles. The number of halogens is 1. The molecule has 2 aromatic rings. The van der Waals surface area contributed by atoms with Gasteiger partial charge in [0.25, 0.3) is 5.91 Å². The van der Waals surface area contributed by atoms with Crippen molar-refractivity contribution in [2.24, 2.45) is 5.92 Å². The minimum atomic E-state index is -0.833. The molecule has 0 bridgehead atoms. The van der Waals surface area contributed by atoms with Crippen LogP contribution in [0.4, 0.5) is 0 Å². The number of hydrogen-bond acceptors (Lipinski definition) is 3. The average molecular weight is 388 g/mol. The Balaban J connectivity index is 1.67. The molecule has 1 aliphatic heterocycles. The van der Waals surface area contributed by atoms with Gasteiger partial charge in [0.05, 0.1) is 29.1 Å². The van der Waals surface area contributed by atoms with Crippen LogP contribution in [0.2, 0.25) is 5.02 Å². The Morgan fingerprint density at radius 1 is 1.26 bits per heavy atom. The monoisotopic (exact) mass is 387 g/mol. The van der Waals surface area contributed by atoms with Gasteiger partial charge in [-0.1, -0.05) is 17.7 Å². The molecule has 1 aromatic heterocycles. The molecule has 27 heavy (non-hydrogen) atoms. The lowest BCUT2D eigenvalue weighted by atomic mass is 9.97. The number of carboxylic acids is 1. The molecule has 1 N–H and O–H groups in total. The molecule has 6 nitrogen and oxygen atoms in total. The number of aromatic nitrogens is 2. The summed E-state index contributed by atoms with van der Waals surface area (Å²) >= 11 is 6.28. The van der Waals surface area contributed by atoms with Crippen molar-refractivity contribution in [1.82, 2.24) is 14.7 Å². The zero-order valence-electron chi connectivity index (χ0n) is 15.2. The van der Waals surface area contributed by atoms with Crippen LogP contribution >= 0.6 is 11.6 Å². The van der Waals surface area contributed by atoms with E-state index in [-0.39, 0.29) is 12.5 Å². The van der Waals surface area contributed by atoms with E-state index < -0.39 is 11.9 Å². The second kappa shape index (κ2) is 7.00. The summed E-state index contributed by atoms with van der Waals surface area (Å²) in [6.07, 6.45) is 5.01. The molecular weight excluding hydrogens is 366 g/mol. The fourth-order valence-corrected chi connectivity index (χ4v) is 3.90. The molecule has 2 fully saturated rings. The highest BCUT2D eigenvalue weighted by molar-refractivity contribution is 6.31. The number of hydrogen-bond donors (Lipinski definition) is 1. The topological polar surface area (TPSA) is 75.4 Å². The Hall–Kier alpha value is -2.34. The van der Waals surface area contributed by atoms with Gasteiger partial charge < -0.3 is 10.0 Å². The molecular formula is C20H22ClN3O3. The number of nitrogens with zero attached hydrogens (tertiary/aromatic N) is 3. The maximum atomic E-state index is 13.1. The molecule has 1 amide bonds. The van der Waals surface area contributed by atoms with Crippen LogP contribution in [0.3, 0.4) is 0 Å². The lowest BCUT2D eigenvalue weighted by Gasteiger charge is -2.30. The summed E-state index contributed by atoms with van der Waals surface area (Å²) in [4.78, 5) is 26.1. The molecule has 2 heterocycles. The van der Waals surface area contributed by atoms with Gasteiger partial charge in [-0.15, -0.1) is 0 Å². The summed E-state index contributed by atoms with van der Waals surface area (Å²) in [6.45, 7) is 2.80. The van der Waals surface area contributed by atoms with Crippen molar-refractivity contribution in [2.45, 2.75) is 38.5 Å². The Kier molecular flexibility index (Phi) is 4.68. The standard InChI is InChI=1S/C20H22ClN3O3/c1-12-4-7-15(9-17(12)21)24-18(13-5-6-13)16(10-22-24)19(25)23-8-2-3-14(11-23)20(26)27/h4,7,9-10,13-14H,2-3,5-6,8,11H2,1H3,(H,26,27). The lowest BCUT2D eigenvalue weighted by molar-refractivity contribution is -0.143. The van der Waals surface area contributed by atoms with Crippen LogP contribution in [0.5, 0.6) is 0 Å². The molecule has 1 unspecified atom stereocenters. The molecule has 4 rings (SSSR count). The highest BCUT2D eigenvalue weighted by Gasteiger charge is 2.36. The number of rotatable bonds is 4. The zero-order chi connectivity index (χ0) is 19.1. The van der Waals surface area contributed by atoms with Gasteiger partial charge in [0.2, 0.25) is 0 Å². The van der Waals surface area contributed by atoms with E-state index in [1.165, 1.54) is 0 Å². The van der Waals surface area contributed by atoms with Crippen LogP contribution in [0.1, 0.15) is 53.2 Å². The van der Waals surface area contributed by atoms with Crippen molar-refractivity contribution in [3.63, 3.8) is 0 Å². The SMILES string of the molecule is Cc1ccc(-n2ncc(C(=O)N3CCCC(C(=O)O)C3)c2C2CC2)cc1Cl. The van der Waals surface area contributed by atoms with E-state index >= 15 is 0 Å². The van der Waals surface area contributed by atoms with Crippen molar-refractivity contribution in [1.29, 1.82) is 0 Å². The number of aliphatic carboxylic acids is 1. The normalized spacial score (nSPS) is 19.9. The number of carbonyl (C=O) groups is 2. The van der Waals surface area contributed by atoms with Crippen molar-refractivity contribution in [3.8, 4) is 5.69 Å². The number of amides is 1. The van der Waals surface area contributed by atoms with Crippen LogP contribution in [-0.2, 0) is 4.79 Å². The predicted octanol–water partition coefficient (Wildman–Crippen LogP) is 3.65. The van der Waals surface area contributed by atoms with E-state index in [9.17, 15) is 14.7 Å². The smallest absolute Gasteiger partial charge is 0.308 e. The second-order valence-electron chi connectivity index (χ2n) is 7.49. The van der Waals surface area contributed by atoms with Gasteiger partial charge in [-0.2, -0.15) is 5.10 Å². The van der Waals surface area contributed by atoms with E-state index in [0.717, 1.165) is 29.8 Å². The highest BCUT2D eigenvalue weighted by Crippen LogP contribution is 2.43. The first-order valence-electron chi connectivity index (χ1n) is 9.32. The molecule has 1 aromatic carbocycles. The Bertz CT molecular complexity index is 904. The summed E-state index contributed by atoms with van der Waals surface area (Å²) in [6, 6.07) is 5.76. The van der Waals surface area contributed by atoms with Crippen molar-refractivity contribution < 1.29 is 14.7 Å². The number of carbonyl (C=O) groups excluding carboxylic acids is 1. The number of benzene rings is 1. The fourth-order valence-electron chi connectivity index (χ4n) is 3.73. The van der Waals surface area contributed by atoms with E-state index in [1.54, 1.807) is 11.1 Å². The first-order chi connectivity index (χ1) is 13.0. The molecule has 1 saturated heterocycles. The van der Waals surface area contributed by atoms with Gasteiger partial charge in [-0.3, -0.25) is 9.59 Å². The van der Waals surface area contributed by atoms with Gasteiger partial charge in [0.15, 0.2) is 0 Å². The molecule has 7 heteroatoms. The van der Waals surface area contributed by atoms with Crippen molar-refractivity contribution in [3.05, 3.63) is 46.2 Å². The highest BCUT2D eigenvalue weighted by atomic mass is 35.5. The van der Waals surface area contributed by atoms with Gasteiger partial charge in [-0.25, -0.2) is 4.68 Å². The van der Waals surface area contributed by atoms with Crippen LogP contribution in [-0.4, -0.2) is 44.8 Å². The minimum Gasteiger partial charge on any atom is -0.481 e. The number of likely N-dealkylation sites (tertiary alicyclic amines) is 1. The van der Waals surface area contributed by atoms with E-state index in [1.807, 2.05) is 29.8 Å². The van der Waals surface area contributed by atoms with Gasteiger partial charge in [0.1, 0.15) is 0 Å². The Morgan fingerprint density at radius 3 is 2.70 bits per heavy atom. The minimum absolute atomic E-state index is 0.118. The van der Waals surface area contributed by atoms with Crippen LogP contribution in [0.25, 0.3) is 5.69 Å². The van der Waals surface area contributed by atoms with E-state index in [4.69, 9.17) is 11.6 Å². The maximum Gasteiger partial charge on any atom is 0.308 e. The third kappa shape index (κ3) is 3.46. The number of carboxylic acid groups (broad SMARTS) is 1. The fraction of sp³-hybridized carbons (Fsp3) is 0.450. The summed E-state index contributed by atoms with van der Waals surface area (Å²) in [7, 11) is 0. The molecule has 1 saturated carbocycles. The third-order valence-electron chi connectivity index (χ3n) is 5.46. The Labute approximate surface area is 162 Å². The van der Waals surface area contributed by atoms with Crippen LogP contribution in [0.15, 0.2) is 24.4 Å².